The number of alkyl carbamates (subject to hydrolysis) is 1. The Bertz CT molecular complexity index is 679. The van der Waals surface area contributed by atoms with Gasteiger partial charge in [0.15, 0.2) is 0 Å². The molecule has 6 nitrogen and oxygen atoms in total. The third-order valence-corrected chi connectivity index (χ3v) is 6.16. The van der Waals surface area contributed by atoms with Crippen molar-refractivity contribution in [3.63, 3.8) is 0 Å². The zero-order chi connectivity index (χ0) is 17.3. The van der Waals surface area contributed by atoms with Crippen LogP contribution in [-0.4, -0.2) is 44.1 Å². The van der Waals surface area contributed by atoms with Gasteiger partial charge in [0.2, 0.25) is 10.0 Å². The molecule has 1 aliphatic rings. The summed E-state index contributed by atoms with van der Waals surface area (Å²) in [7, 11) is -3.49. The van der Waals surface area contributed by atoms with Gasteiger partial charge in [-0.05, 0) is 48.8 Å². The highest BCUT2D eigenvalue weighted by atomic mass is 79.9. The van der Waals surface area contributed by atoms with Crippen LogP contribution in [0, 0.1) is 5.92 Å². The summed E-state index contributed by atoms with van der Waals surface area (Å²) in [5.41, 5.74) is -0.543. The van der Waals surface area contributed by atoms with Crippen molar-refractivity contribution in [3.05, 3.63) is 28.7 Å². The molecule has 0 radical (unpaired) electrons. The minimum absolute atomic E-state index is 0.0970. The van der Waals surface area contributed by atoms with E-state index in [-0.39, 0.29) is 10.8 Å². The van der Waals surface area contributed by atoms with Gasteiger partial charge in [-0.15, -0.1) is 0 Å². The maximum absolute atomic E-state index is 12.5. The number of benzene rings is 1. The van der Waals surface area contributed by atoms with Crippen molar-refractivity contribution in [3.8, 4) is 0 Å². The minimum Gasteiger partial charge on any atom is -0.444 e. The summed E-state index contributed by atoms with van der Waals surface area (Å²) >= 11 is 3.27. The van der Waals surface area contributed by atoms with Crippen LogP contribution in [-0.2, 0) is 14.8 Å². The van der Waals surface area contributed by atoms with Crippen LogP contribution in [0.1, 0.15) is 20.8 Å². The SMILES string of the molecule is CC(C)(C)OC(=O)NCC1CN(S(=O)(=O)c2ccccc2Br)C1. The average molecular weight is 405 g/mol. The second-order valence-corrected chi connectivity index (χ2v) is 9.26. The molecule has 1 saturated heterocycles. The Morgan fingerprint density at radius 3 is 2.52 bits per heavy atom. The van der Waals surface area contributed by atoms with Gasteiger partial charge in [0.05, 0.1) is 4.90 Å². The number of amides is 1. The van der Waals surface area contributed by atoms with Gasteiger partial charge in [-0.2, -0.15) is 4.31 Å². The van der Waals surface area contributed by atoms with Crippen LogP contribution in [0.3, 0.4) is 0 Å². The molecule has 1 aromatic rings. The van der Waals surface area contributed by atoms with Gasteiger partial charge >= 0.3 is 6.09 Å². The van der Waals surface area contributed by atoms with Crippen molar-refractivity contribution >= 4 is 32.0 Å². The largest absolute Gasteiger partial charge is 0.444 e. The zero-order valence-electron chi connectivity index (χ0n) is 13.4. The Morgan fingerprint density at radius 1 is 1.35 bits per heavy atom. The molecule has 2 rings (SSSR count). The molecule has 0 saturated carbocycles. The van der Waals surface area contributed by atoms with Crippen molar-refractivity contribution in [1.82, 2.24) is 9.62 Å². The molecule has 1 heterocycles. The molecule has 128 valence electrons. The van der Waals surface area contributed by atoms with E-state index in [1.54, 1.807) is 45.0 Å². The normalized spacial score (nSPS) is 16.7. The lowest BCUT2D eigenvalue weighted by atomic mass is 10.0. The molecular formula is C15H21BrN2O4S. The standard InChI is InChI=1S/C15H21BrN2O4S/c1-15(2,3)22-14(19)17-8-11-9-18(10-11)23(20,21)13-7-5-4-6-12(13)16/h4-7,11H,8-10H2,1-3H3,(H,17,19). The monoisotopic (exact) mass is 404 g/mol. The Hall–Kier alpha value is -1.12. The van der Waals surface area contributed by atoms with Crippen molar-refractivity contribution in [2.24, 2.45) is 5.92 Å². The highest BCUT2D eigenvalue weighted by Gasteiger charge is 2.37. The van der Waals surface area contributed by atoms with Crippen LogP contribution < -0.4 is 5.32 Å². The molecule has 8 heteroatoms. The lowest BCUT2D eigenvalue weighted by Gasteiger charge is -2.38. The van der Waals surface area contributed by atoms with E-state index >= 15 is 0 Å². The smallest absolute Gasteiger partial charge is 0.407 e. The molecule has 1 amide bonds. The molecule has 0 bridgehead atoms. The average Bonchev–Trinajstić information content (AvgIpc) is 2.34. The summed E-state index contributed by atoms with van der Waals surface area (Å²) in [6.45, 7) is 6.56. The number of hydrogen-bond acceptors (Lipinski definition) is 4. The van der Waals surface area contributed by atoms with Crippen molar-refractivity contribution in [2.75, 3.05) is 19.6 Å². The van der Waals surface area contributed by atoms with Crippen molar-refractivity contribution < 1.29 is 17.9 Å². The van der Waals surface area contributed by atoms with Crippen LogP contribution in [0.25, 0.3) is 0 Å². The Labute approximate surface area is 145 Å². The first-order valence-corrected chi connectivity index (χ1v) is 9.54. The van der Waals surface area contributed by atoms with Crippen LogP contribution in [0.4, 0.5) is 4.79 Å². The van der Waals surface area contributed by atoms with Gasteiger partial charge in [-0.3, -0.25) is 0 Å². The predicted octanol–water partition coefficient (Wildman–Crippen LogP) is 2.59. The van der Waals surface area contributed by atoms with E-state index in [4.69, 9.17) is 4.74 Å². The lowest BCUT2D eigenvalue weighted by molar-refractivity contribution is 0.0503. The van der Waals surface area contributed by atoms with E-state index in [1.807, 2.05) is 0 Å². The first-order chi connectivity index (χ1) is 10.6. The van der Waals surface area contributed by atoms with E-state index in [0.29, 0.717) is 24.1 Å². The first-order valence-electron chi connectivity index (χ1n) is 7.31. The highest BCUT2D eigenvalue weighted by Crippen LogP contribution is 2.29. The molecule has 0 unspecified atom stereocenters. The molecule has 0 atom stereocenters. The molecule has 23 heavy (non-hydrogen) atoms. The van der Waals surface area contributed by atoms with Gasteiger partial charge in [-0.25, -0.2) is 13.2 Å². The highest BCUT2D eigenvalue weighted by molar-refractivity contribution is 9.10. The fourth-order valence-corrected chi connectivity index (χ4v) is 4.74. The molecular weight excluding hydrogens is 384 g/mol. The van der Waals surface area contributed by atoms with E-state index in [1.165, 1.54) is 4.31 Å². The number of nitrogens with one attached hydrogen (secondary N) is 1. The van der Waals surface area contributed by atoms with Gasteiger partial charge in [0.25, 0.3) is 0 Å². The third kappa shape index (κ3) is 4.68. The number of ether oxygens (including phenoxy) is 1. The second-order valence-electron chi connectivity index (χ2n) is 6.50. The summed E-state index contributed by atoms with van der Waals surface area (Å²) < 4.78 is 32.1. The maximum Gasteiger partial charge on any atom is 0.407 e. The van der Waals surface area contributed by atoms with E-state index in [2.05, 4.69) is 21.2 Å². The molecule has 0 aliphatic carbocycles. The predicted molar refractivity (Wildman–Crippen MR) is 90.6 cm³/mol. The Morgan fingerprint density at radius 2 is 1.96 bits per heavy atom. The molecule has 0 aromatic heterocycles. The topological polar surface area (TPSA) is 75.7 Å². The van der Waals surface area contributed by atoms with Crippen LogP contribution >= 0.6 is 15.9 Å². The van der Waals surface area contributed by atoms with Crippen LogP contribution in [0.5, 0.6) is 0 Å². The number of hydrogen-bond donors (Lipinski definition) is 1. The number of rotatable bonds is 4. The summed E-state index contributed by atoms with van der Waals surface area (Å²) in [6, 6.07) is 6.74. The number of carbonyl (C=O) groups is 1. The molecule has 0 spiro atoms. The molecule has 1 aliphatic heterocycles. The van der Waals surface area contributed by atoms with Crippen molar-refractivity contribution in [2.45, 2.75) is 31.3 Å². The van der Waals surface area contributed by atoms with Gasteiger partial charge in [0, 0.05) is 30.0 Å². The lowest BCUT2D eigenvalue weighted by Crippen LogP contribution is -2.53. The van der Waals surface area contributed by atoms with E-state index in [0.717, 1.165) is 0 Å². The Kier molecular flexibility index (Phi) is 5.37. The first kappa shape index (κ1) is 18.2. The van der Waals surface area contributed by atoms with Gasteiger partial charge in [0.1, 0.15) is 5.60 Å². The van der Waals surface area contributed by atoms with E-state index in [9.17, 15) is 13.2 Å². The van der Waals surface area contributed by atoms with Crippen LogP contribution in [0.2, 0.25) is 0 Å². The number of halogens is 1. The van der Waals surface area contributed by atoms with E-state index < -0.39 is 21.7 Å². The molecule has 1 N–H and O–H groups in total. The quantitative estimate of drug-likeness (QED) is 0.836. The maximum atomic E-state index is 12.5. The number of nitrogens with zero attached hydrogens (tertiary/aromatic N) is 1. The van der Waals surface area contributed by atoms with Crippen LogP contribution in [0.15, 0.2) is 33.6 Å². The number of carbonyl (C=O) groups excluding carboxylic acids is 1. The fourth-order valence-electron chi connectivity index (χ4n) is 2.18. The number of sulfonamides is 1. The van der Waals surface area contributed by atoms with Gasteiger partial charge in [-0.1, -0.05) is 12.1 Å². The Balaban J connectivity index is 1.85. The summed E-state index contributed by atoms with van der Waals surface area (Å²) in [4.78, 5) is 11.8. The minimum atomic E-state index is -3.49. The summed E-state index contributed by atoms with van der Waals surface area (Å²) in [5.74, 6) is 0.0970. The molecule has 1 aromatic carbocycles. The summed E-state index contributed by atoms with van der Waals surface area (Å²) in [5, 5.41) is 2.67. The summed E-state index contributed by atoms with van der Waals surface area (Å²) in [6.07, 6.45) is -0.482. The molecule has 1 fully saturated rings. The second kappa shape index (κ2) is 6.78. The van der Waals surface area contributed by atoms with Crippen molar-refractivity contribution in [1.29, 1.82) is 0 Å². The zero-order valence-corrected chi connectivity index (χ0v) is 15.8. The fraction of sp³-hybridized carbons (Fsp3) is 0.533. The van der Waals surface area contributed by atoms with Gasteiger partial charge < -0.3 is 10.1 Å². The third-order valence-electron chi connectivity index (χ3n) is 3.31.